The smallest absolute Gasteiger partial charge is 0.263 e. The standard InChI is InChI=1S/C18H22N4O3/c1-4-23-14-7-6-13(10-15(14)24-5-2)8-9-19-17-16-12(3)22-25-18(16)21-11-20-17/h6-7,10-11H,4-5,8-9H2,1-3H3,(H,19,20,21). The number of hydrogen-bond acceptors (Lipinski definition) is 7. The third-order valence-corrected chi connectivity index (χ3v) is 3.76. The van der Waals surface area contributed by atoms with Crippen LogP contribution in [0.5, 0.6) is 11.5 Å². The highest BCUT2D eigenvalue weighted by atomic mass is 16.5. The largest absolute Gasteiger partial charge is 0.490 e. The van der Waals surface area contributed by atoms with Gasteiger partial charge in [-0.3, -0.25) is 0 Å². The molecule has 0 saturated carbocycles. The van der Waals surface area contributed by atoms with Crippen LogP contribution in [0.15, 0.2) is 29.0 Å². The fourth-order valence-electron chi connectivity index (χ4n) is 2.63. The van der Waals surface area contributed by atoms with Crippen LogP contribution in [0, 0.1) is 6.92 Å². The van der Waals surface area contributed by atoms with E-state index in [2.05, 4.69) is 26.5 Å². The molecule has 0 aliphatic heterocycles. The van der Waals surface area contributed by atoms with Crippen molar-refractivity contribution in [2.24, 2.45) is 0 Å². The highest BCUT2D eigenvalue weighted by Crippen LogP contribution is 2.29. The van der Waals surface area contributed by atoms with Gasteiger partial charge < -0.3 is 19.3 Å². The molecule has 1 aromatic carbocycles. The Balaban J connectivity index is 1.69. The Bertz CT molecular complexity index is 847. The van der Waals surface area contributed by atoms with E-state index in [1.165, 1.54) is 6.33 Å². The maximum Gasteiger partial charge on any atom is 0.263 e. The van der Waals surface area contributed by atoms with Gasteiger partial charge in [0, 0.05) is 6.54 Å². The van der Waals surface area contributed by atoms with Crippen LogP contribution in [0.4, 0.5) is 5.82 Å². The zero-order valence-electron chi connectivity index (χ0n) is 14.7. The van der Waals surface area contributed by atoms with Crippen molar-refractivity contribution in [2.45, 2.75) is 27.2 Å². The van der Waals surface area contributed by atoms with Gasteiger partial charge in [-0.2, -0.15) is 4.98 Å². The predicted molar refractivity (Wildman–Crippen MR) is 95.3 cm³/mol. The summed E-state index contributed by atoms with van der Waals surface area (Å²) in [5.41, 5.74) is 2.43. The average molecular weight is 342 g/mol. The maximum atomic E-state index is 5.67. The second kappa shape index (κ2) is 7.83. The molecule has 0 fully saturated rings. The first-order chi connectivity index (χ1) is 12.2. The third kappa shape index (κ3) is 3.81. The molecule has 25 heavy (non-hydrogen) atoms. The minimum absolute atomic E-state index is 0.495. The lowest BCUT2D eigenvalue weighted by atomic mass is 10.1. The summed E-state index contributed by atoms with van der Waals surface area (Å²) in [6.45, 7) is 7.74. The highest BCUT2D eigenvalue weighted by Gasteiger charge is 2.12. The number of rotatable bonds is 8. The van der Waals surface area contributed by atoms with Gasteiger partial charge in [-0.1, -0.05) is 11.2 Å². The van der Waals surface area contributed by atoms with Crippen molar-refractivity contribution in [3.05, 3.63) is 35.8 Å². The number of ether oxygens (including phenoxy) is 2. The van der Waals surface area contributed by atoms with Gasteiger partial charge in [0.1, 0.15) is 17.5 Å². The van der Waals surface area contributed by atoms with Gasteiger partial charge in [0.15, 0.2) is 11.5 Å². The fraction of sp³-hybridized carbons (Fsp3) is 0.389. The highest BCUT2D eigenvalue weighted by molar-refractivity contribution is 5.87. The van der Waals surface area contributed by atoms with E-state index < -0.39 is 0 Å². The Hall–Kier alpha value is -2.83. The Morgan fingerprint density at radius 2 is 1.88 bits per heavy atom. The van der Waals surface area contributed by atoms with E-state index in [1.54, 1.807) is 0 Å². The zero-order chi connectivity index (χ0) is 17.6. The number of fused-ring (bicyclic) bond motifs is 1. The number of aromatic nitrogens is 3. The van der Waals surface area contributed by atoms with E-state index in [0.717, 1.165) is 46.9 Å². The summed E-state index contributed by atoms with van der Waals surface area (Å²) in [7, 11) is 0. The monoisotopic (exact) mass is 342 g/mol. The predicted octanol–water partition coefficient (Wildman–Crippen LogP) is 3.38. The first-order valence-electron chi connectivity index (χ1n) is 8.42. The fourth-order valence-corrected chi connectivity index (χ4v) is 2.63. The minimum atomic E-state index is 0.495. The Morgan fingerprint density at radius 3 is 2.68 bits per heavy atom. The van der Waals surface area contributed by atoms with E-state index in [0.29, 0.717) is 18.9 Å². The molecule has 3 rings (SSSR count). The van der Waals surface area contributed by atoms with Crippen LogP contribution in [0.25, 0.3) is 11.1 Å². The summed E-state index contributed by atoms with van der Waals surface area (Å²) < 4.78 is 16.4. The van der Waals surface area contributed by atoms with Gasteiger partial charge >= 0.3 is 0 Å². The van der Waals surface area contributed by atoms with Crippen LogP contribution in [-0.2, 0) is 6.42 Å². The Morgan fingerprint density at radius 1 is 1.08 bits per heavy atom. The molecule has 0 atom stereocenters. The SMILES string of the molecule is CCOc1ccc(CCNc2ncnc3onc(C)c23)cc1OCC. The van der Waals surface area contributed by atoms with Crippen molar-refractivity contribution in [1.82, 2.24) is 15.1 Å². The molecule has 0 radical (unpaired) electrons. The lowest BCUT2D eigenvalue weighted by Gasteiger charge is -2.13. The normalized spacial score (nSPS) is 10.8. The number of benzene rings is 1. The molecule has 1 N–H and O–H groups in total. The number of anilines is 1. The molecule has 2 heterocycles. The van der Waals surface area contributed by atoms with E-state index in [1.807, 2.05) is 32.9 Å². The molecule has 0 saturated heterocycles. The number of hydrogen-bond donors (Lipinski definition) is 1. The van der Waals surface area contributed by atoms with Gasteiger partial charge in [-0.05, 0) is 44.9 Å². The summed E-state index contributed by atoms with van der Waals surface area (Å²) >= 11 is 0. The van der Waals surface area contributed by atoms with E-state index in [-0.39, 0.29) is 0 Å². The van der Waals surface area contributed by atoms with Crippen molar-refractivity contribution in [2.75, 3.05) is 25.1 Å². The van der Waals surface area contributed by atoms with Crippen molar-refractivity contribution in [3.63, 3.8) is 0 Å². The summed E-state index contributed by atoms with van der Waals surface area (Å²) in [4.78, 5) is 8.37. The number of aryl methyl sites for hydroxylation is 1. The first kappa shape index (κ1) is 17.0. The quantitative estimate of drug-likeness (QED) is 0.672. The topological polar surface area (TPSA) is 82.3 Å². The first-order valence-corrected chi connectivity index (χ1v) is 8.42. The van der Waals surface area contributed by atoms with Gasteiger partial charge in [0.2, 0.25) is 0 Å². The molecule has 2 aromatic heterocycles. The molecule has 0 bridgehead atoms. The summed E-state index contributed by atoms with van der Waals surface area (Å²) in [6.07, 6.45) is 2.29. The summed E-state index contributed by atoms with van der Waals surface area (Å²) in [5.74, 6) is 2.29. The lowest BCUT2D eigenvalue weighted by Crippen LogP contribution is -2.07. The molecule has 0 aliphatic carbocycles. The minimum Gasteiger partial charge on any atom is -0.490 e. The molecule has 0 aliphatic rings. The average Bonchev–Trinajstić information content (AvgIpc) is 3.00. The van der Waals surface area contributed by atoms with Crippen LogP contribution < -0.4 is 14.8 Å². The van der Waals surface area contributed by atoms with Crippen LogP contribution in [0.3, 0.4) is 0 Å². The third-order valence-electron chi connectivity index (χ3n) is 3.76. The molecule has 7 nitrogen and oxygen atoms in total. The lowest BCUT2D eigenvalue weighted by molar-refractivity contribution is 0.287. The zero-order valence-corrected chi connectivity index (χ0v) is 14.7. The van der Waals surface area contributed by atoms with E-state index >= 15 is 0 Å². The summed E-state index contributed by atoms with van der Waals surface area (Å²) in [5, 5.41) is 8.09. The van der Waals surface area contributed by atoms with Crippen molar-refractivity contribution < 1.29 is 14.0 Å². The van der Waals surface area contributed by atoms with Crippen molar-refractivity contribution in [3.8, 4) is 11.5 Å². The Labute approximate surface area is 146 Å². The van der Waals surface area contributed by atoms with Gasteiger partial charge in [0.05, 0.1) is 18.9 Å². The van der Waals surface area contributed by atoms with Crippen molar-refractivity contribution in [1.29, 1.82) is 0 Å². The van der Waals surface area contributed by atoms with Gasteiger partial charge in [-0.25, -0.2) is 4.98 Å². The second-order valence-electron chi connectivity index (χ2n) is 5.49. The molecule has 0 spiro atoms. The number of nitrogens with one attached hydrogen (secondary N) is 1. The molecule has 0 unspecified atom stereocenters. The van der Waals surface area contributed by atoms with E-state index in [9.17, 15) is 0 Å². The van der Waals surface area contributed by atoms with Gasteiger partial charge in [-0.15, -0.1) is 0 Å². The van der Waals surface area contributed by atoms with Crippen LogP contribution in [0.1, 0.15) is 25.1 Å². The molecule has 3 aromatic rings. The molecule has 0 amide bonds. The van der Waals surface area contributed by atoms with Crippen LogP contribution in [-0.4, -0.2) is 34.9 Å². The maximum absolute atomic E-state index is 5.67. The van der Waals surface area contributed by atoms with Crippen LogP contribution >= 0.6 is 0 Å². The molecular formula is C18H22N4O3. The molecule has 132 valence electrons. The molecular weight excluding hydrogens is 320 g/mol. The summed E-state index contributed by atoms with van der Waals surface area (Å²) in [6, 6.07) is 6.03. The number of nitrogens with zero attached hydrogens (tertiary/aromatic N) is 3. The van der Waals surface area contributed by atoms with E-state index in [4.69, 9.17) is 14.0 Å². The molecule has 7 heteroatoms. The van der Waals surface area contributed by atoms with Crippen molar-refractivity contribution >= 4 is 16.9 Å². The van der Waals surface area contributed by atoms with Gasteiger partial charge in [0.25, 0.3) is 5.71 Å². The Kier molecular flexibility index (Phi) is 5.33. The second-order valence-corrected chi connectivity index (χ2v) is 5.49. The van der Waals surface area contributed by atoms with Crippen LogP contribution in [0.2, 0.25) is 0 Å².